The highest BCUT2D eigenvalue weighted by molar-refractivity contribution is 6.19. The van der Waals surface area contributed by atoms with E-state index >= 15 is 0 Å². The number of anilines is 1. The molecule has 2 aromatic heterocycles. The van der Waals surface area contributed by atoms with E-state index in [-0.39, 0.29) is 17.8 Å². The van der Waals surface area contributed by atoms with Gasteiger partial charge in [0.15, 0.2) is 11.5 Å². The van der Waals surface area contributed by atoms with Crippen LogP contribution in [0.4, 0.5) is 15.0 Å². The van der Waals surface area contributed by atoms with Gasteiger partial charge in [0.05, 0.1) is 22.8 Å². The van der Waals surface area contributed by atoms with Crippen molar-refractivity contribution >= 4 is 23.2 Å². The van der Waals surface area contributed by atoms with Gasteiger partial charge in [-0.3, -0.25) is 4.40 Å². The maximum absolute atomic E-state index is 13.4. The van der Waals surface area contributed by atoms with Gasteiger partial charge in [-0.2, -0.15) is 4.99 Å². The van der Waals surface area contributed by atoms with E-state index in [2.05, 4.69) is 20.3 Å². The highest BCUT2D eigenvalue weighted by Crippen LogP contribution is 2.35. The number of fused-ring (bicyclic) bond motifs is 2. The summed E-state index contributed by atoms with van der Waals surface area (Å²) in [7, 11) is 0. The number of urea groups is 1. The third-order valence-corrected chi connectivity index (χ3v) is 4.59. The van der Waals surface area contributed by atoms with Gasteiger partial charge in [0.2, 0.25) is 0 Å². The topological polar surface area (TPSA) is 97.7 Å². The number of allylic oxidation sites excluding steroid dienone is 3. The second-order valence-electron chi connectivity index (χ2n) is 6.25. The molecule has 0 radical (unpaired) electrons. The van der Waals surface area contributed by atoms with Gasteiger partial charge < -0.3 is 11.1 Å². The van der Waals surface area contributed by atoms with Crippen LogP contribution < -0.4 is 11.1 Å². The fourth-order valence-corrected chi connectivity index (χ4v) is 3.38. The minimum atomic E-state index is -0.383. The van der Waals surface area contributed by atoms with E-state index in [1.165, 1.54) is 12.1 Å². The average molecular weight is 360 g/mol. The lowest BCUT2D eigenvalue weighted by molar-refractivity contribution is 0.253. The Kier molecular flexibility index (Phi) is 3.20. The molecule has 1 aliphatic heterocycles. The number of nitrogens with two attached hydrogens (primary N) is 1. The lowest BCUT2D eigenvalue weighted by Gasteiger charge is -2.16. The van der Waals surface area contributed by atoms with Crippen LogP contribution in [0.5, 0.6) is 0 Å². The van der Waals surface area contributed by atoms with Gasteiger partial charge >= 0.3 is 6.03 Å². The first-order chi connectivity index (χ1) is 13.1. The van der Waals surface area contributed by atoms with Crippen LogP contribution in [-0.4, -0.2) is 26.1 Å². The van der Waals surface area contributed by atoms with Crippen molar-refractivity contribution in [3.63, 3.8) is 0 Å². The molecule has 3 heterocycles. The van der Waals surface area contributed by atoms with Crippen LogP contribution >= 0.6 is 0 Å². The van der Waals surface area contributed by atoms with Gasteiger partial charge in [-0.15, -0.1) is 0 Å². The van der Waals surface area contributed by atoms with Crippen molar-refractivity contribution in [2.24, 2.45) is 4.99 Å². The second-order valence-corrected chi connectivity index (χ2v) is 6.25. The number of hydrogen-bond donors (Lipinski definition) is 2. The van der Waals surface area contributed by atoms with Crippen molar-refractivity contribution in [3.05, 3.63) is 72.1 Å². The second kappa shape index (κ2) is 5.60. The Bertz CT molecular complexity index is 1190. The molecule has 0 spiro atoms. The minimum Gasteiger partial charge on any atom is -0.381 e. The fraction of sp³-hybridized carbons (Fsp3) is 0.0526. The highest BCUT2D eigenvalue weighted by atomic mass is 19.1. The van der Waals surface area contributed by atoms with Crippen LogP contribution in [0.2, 0.25) is 0 Å². The summed E-state index contributed by atoms with van der Waals surface area (Å²) in [6.45, 7) is 0. The Morgan fingerprint density at radius 3 is 2.85 bits per heavy atom. The third-order valence-electron chi connectivity index (χ3n) is 4.59. The van der Waals surface area contributed by atoms with E-state index < -0.39 is 0 Å². The molecule has 27 heavy (non-hydrogen) atoms. The number of nitrogen functional groups attached to an aromatic ring is 1. The average Bonchev–Trinajstić information content (AvgIpc) is 3.22. The molecule has 132 valence electrons. The Hall–Kier alpha value is -3.81. The molecule has 2 aliphatic rings. The van der Waals surface area contributed by atoms with Gasteiger partial charge in [0.25, 0.3) is 0 Å². The highest BCUT2D eigenvalue weighted by Gasteiger charge is 2.27. The summed E-state index contributed by atoms with van der Waals surface area (Å²) in [5.74, 6) is -0.204. The van der Waals surface area contributed by atoms with E-state index in [9.17, 15) is 9.18 Å². The van der Waals surface area contributed by atoms with Gasteiger partial charge in [-0.1, -0.05) is 6.08 Å². The Morgan fingerprint density at radius 1 is 1.22 bits per heavy atom. The van der Waals surface area contributed by atoms with Gasteiger partial charge in [0.1, 0.15) is 5.82 Å². The molecule has 1 unspecified atom stereocenters. The predicted octanol–water partition coefficient (Wildman–Crippen LogP) is 2.82. The molecule has 3 N–H and O–H groups in total. The zero-order chi connectivity index (χ0) is 18.5. The van der Waals surface area contributed by atoms with Crippen molar-refractivity contribution in [2.75, 3.05) is 5.73 Å². The van der Waals surface area contributed by atoms with Crippen LogP contribution in [0.15, 0.2) is 65.6 Å². The zero-order valence-corrected chi connectivity index (χ0v) is 13.9. The van der Waals surface area contributed by atoms with Gasteiger partial charge in [-0.05, 0) is 36.4 Å². The molecule has 2 amide bonds. The molecule has 8 heteroatoms. The summed E-state index contributed by atoms with van der Waals surface area (Å²) in [6, 6.07) is 5.75. The third kappa shape index (κ3) is 2.42. The maximum Gasteiger partial charge on any atom is 0.346 e. The molecule has 1 aromatic carbocycles. The molecule has 1 atom stereocenters. The van der Waals surface area contributed by atoms with Crippen LogP contribution in [0, 0.1) is 5.82 Å². The number of aromatic nitrogens is 3. The molecule has 0 saturated heterocycles. The molecule has 5 rings (SSSR count). The summed E-state index contributed by atoms with van der Waals surface area (Å²) in [6.07, 6.45) is 9.04. The lowest BCUT2D eigenvalue weighted by Crippen LogP contribution is -2.17. The fourth-order valence-electron chi connectivity index (χ4n) is 3.38. The minimum absolute atomic E-state index is 0.186. The summed E-state index contributed by atoms with van der Waals surface area (Å²) < 4.78 is 15.2. The van der Waals surface area contributed by atoms with Crippen molar-refractivity contribution in [1.29, 1.82) is 0 Å². The Morgan fingerprint density at radius 2 is 2.04 bits per heavy atom. The van der Waals surface area contributed by atoms with Gasteiger partial charge in [-0.25, -0.2) is 19.2 Å². The van der Waals surface area contributed by atoms with E-state index in [1.54, 1.807) is 30.6 Å². The molecular formula is C19H13FN6O. The molecule has 0 saturated carbocycles. The number of aliphatic imine (C=N–C) groups is 1. The monoisotopic (exact) mass is 360 g/mol. The van der Waals surface area contributed by atoms with Gasteiger partial charge in [0, 0.05) is 23.9 Å². The first kappa shape index (κ1) is 15.4. The number of carbonyl (C=O) groups is 1. The van der Waals surface area contributed by atoms with E-state index in [4.69, 9.17) is 5.73 Å². The van der Waals surface area contributed by atoms with Crippen LogP contribution in [0.3, 0.4) is 0 Å². The first-order valence-corrected chi connectivity index (χ1v) is 8.28. The Balaban J connectivity index is 1.74. The van der Waals surface area contributed by atoms with Crippen LogP contribution in [0.25, 0.3) is 16.9 Å². The number of hydrogen-bond acceptors (Lipinski definition) is 4. The van der Waals surface area contributed by atoms with Crippen LogP contribution in [0.1, 0.15) is 11.6 Å². The number of amides is 2. The number of rotatable bonds is 2. The smallest absolute Gasteiger partial charge is 0.346 e. The van der Waals surface area contributed by atoms with Crippen molar-refractivity contribution < 1.29 is 9.18 Å². The number of benzene rings is 1. The molecule has 3 aromatic rings. The molecule has 0 fully saturated rings. The predicted molar refractivity (Wildman–Crippen MR) is 98.7 cm³/mol. The molecular weight excluding hydrogens is 347 g/mol. The van der Waals surface area contributed by atoms with E-state index in [0.29, 0.717) is 28.6 Å². The van der Waals surface area contributed by atoms with Crippen LogP contribution in [-0.2, 0) is 0 Å². The normalized spacial score (nSPS) is 18.3. The lowest BCUT2D eigenvalue weighted by atomic mass is 9.93. The van der Waals surface area contributed by atoms with E-state index in [1.807, 2.05) is 16.6 Å². The number of halogens is 1. The van der Waals surface area contributed by atoms with Crippen molar-refractivity contribution in [3.8, 4) is 11.3 Å². The molecule has 1 aliphatic carbocycles. The SMILES string of the molecule is Nc1nccn2c(C3C=CC4=NC(=O)NC4=C3)c(-c3ccc(F)cc3)nc12. The molecule has 0 bridgehead atoms. The van der Waals surface area contributed by atoms with Crippen molar-refractivity contribution in [1.82, 2.24) is 19.7 Å². The number of nitrogens with zero attached hydrogens (tertiary/aromatic N) is 4. The quantitative estimate of drug-likeness (QED) is 0.734. The molecule has 7 nitrogen and oxygen atoms in total. The summed E-state index contributed by atoms with van der Waals surface area (Å²) in [5.41, 5.74) is 10.1. The Labute approximate surface area is 152 Å². The maximum atomic E-state index is 13.4. The zero-order valence-electron chi connectivity index (χ0n) is 13.9. The largest absolute Gasteiger partial charge is 0.381 e. The summed E-state index contributed by atoms with van der Waals surface area (Å²) in [4.78, 5) is 24.2. The number of imidazole rings is 1. The number of carbonyl (C=O) groups excluding carboxylic acids is 1. The summed E-state index contributed by atoms with van der Waals surface area (Å²) >= 11 is 0. The number of nitrogens with one attached hydrogen (secondary N) is 1. The standard InChI is InChI=1S/C19H13FN6O/c20-12-4-1-10(2-5-12)15-16(26-8-7-22-17(21)18(26)25-15)11-3-6-13-14(9-11)24-19(27)23-13/h1-9,11H,(H2,21,22)(H,24,27). The summed E-state index contributed by atoms with van der Waals surface area (Å²) in [5, 5.41) is 2.72. The van der Waals surface area contributed by atoms with E-state index in [0.717, 1.165) is 11.3 Å². The first-order valence-electron chi connectivity index (χ1n) is 8.28. The van der Waals surface area contributed by atoms with Crippen molar-refractivity contribution in [2.45, 2.75) is 5.92 Å².